The van der Waals surface area contributed by atoms with Crippen molar-refractivity contribution >= 4 is 32.1 Å². The van der Waals surface area contributed by atoms with Crippen LogP contribution < -0.4 is 10.5 Å². The summed E-state index contributed by atoms with van der Waals surface area (Å²) in [4.78, 5) is 5.62. The van der Waals surface area contributed by atoms with Gasteiger partial charge >= 0.3 is 0 Å². The second-order valence-corrected chi connectivity index (χ2v) is 8.69. The summed E-state index contributed by atoms with van der Waals surface area (Å²) in [5, 5.41) is 3.53. The van der Waals surface area contributed by atoms with Gasteiger partial charge < -0.3 is 5.73 Å². The normalized spacial score (nSPS) is 13.2. The van der Waals surface area contributed by atoms with E-state index in [1.54, 1.807) is 41.9 Å². The van der Waals surface area contributed by atoms with E-state index in [1.165, 1.54) is 4.88 Å². The van der Waals surface area contributed by atoms with Crippen LogP contribution in [0.5, 0.6) is 0 Å². The molecule has 0 aliphatic carbocycles. The van der Waals surface area contributed by atoms with Gasteiger partial charge in [0, 0.05) is 40.6 Å². The maximum atomic E-state index is 12.6. The maximum absolute atomic E-state index is 12.6. The van der Waals surface area contributed by atoms with Crippen LogP contribution in [0.2, 0.25) is 0 Å². The number of rotatable bonds is 8. The number of hydrogen-bond donors (Lipinski definition) is 2. The SMILES string of the molecule is NC(CCNS(=O)(=O)c1cccc2cnccc12)CCc1cccs1. The molecule has 1 aromatic carbocycles. The van der Waals surface area contributed by atoms with Crippen molar-refractivity contribution in [2.45, 2.75) is 30.2 Å². The predicted octanol–water partition coefficient (Wildman–Crippen LogP) is 2.92. The molecule has 0 saturated heterocycles. The van der Waals surface area contributed by atoms with Gasteiger partial charge in [-0.1, -0.05) is 18.2 Å². The Hall–Kier alpha value is -1.80. The van der Waals surface area contributed by atoms with Crippen molar-refractivity contribution < 1.29 is 8.42 Å². The zero-order valence-electron chi connectivity index (χ0n) is 13.8. The molecule has 0 fully saturated rings. The van der Waals surface area contributed by atoms with Crippen molar-refractivity contribution in [3.63, 3.8) is 0 Å². The molecule has 2 aromatic heterocycles. The maximum Gasteiger partial charge on any atom is 0.241 e. The number of nitrogens with one attached hydrogen (secondary N) is 1. The Morgan fingerprint density at radius 3 is 2.84 bits per heavy atom. The molecule has 0 amide bonds. The van der Waals surface area contributed by atoms with Crippen molar-refractivity contribution in [2.75, 3.05) is 6.54 Å². The molecule has 2 heterocycles. The smallest absolute Gasteiger partial charge is 0.241 e. The van der Waals surface area contributed by atoms with Crippen molar-refractivity contribution in [2.24, 2.45) is 5.73 Å². The van der Waals surface area contributed by atoms with Gasteiger partial charge in [0.1, 0.15) is 0 Å². The number of nitrogens with zero attached hydrogens (tertiary/aromatic N) is 1. The largest absolute Gasteiger partial charge is 0.328 e. The van der Waals surface area contributed by atoms with Crippen LogP contribution in [0.15, 0.2) is 59.1 Å². The first-order valence-corrected chi connectivity index (χ1v) is 10.5. The van der Waals surface area contributed by atoms with Gasteiger partial charge in [0.15, 0.2) is 0 Å². The molecule has 1 unspecified atom stereocenters. The third-order valence-electron chi connectivity index (χ3n) is 4.08. The fraction of sp³-hybridized carbons (Fsp3) is 0.278. The van der Waals surface area contributed by atoms with Crippen LogP contribution >= 0.6 is 11.3 Å². The first kappa shape index (κ1) is 18.0. The van der Waals surface area contributed by atoms with Gasteiger partial charge in [-0.15, -0.1) is 11.3 Å². The highest BCUT2D eigenvalue weighted by molar-refractivity contribution is 7.89. The molecule has 132 valence electrons. The van der Waals surface area contributed by atoms with E-state index in [0.29, 0.717) is 18.4 Å². The highest BCUT2D eigenvalue weighted by atomic mass is 32.2. The van der Waals surface area contributed by atoms with E-state index in [9.17, 15) is 8.42 Å². The first-order chi connectivity index (χ1) is 12.1. The Morgan fingerprint density at radius 2 is 2.04 bits per heavy atom. The van der Waals surface area contributed by atoms with E-state index in [-0.39, 0.29) is 10.9 Å². The summed E-state index contributed by atoms with van der Waals surface area (Å²) in [6.07, 6.45) is 5.65. The standard InChI is InChI=1S/C18H21N3O2S2/c19-15(6-7-16-4-2-12-24-16)8-11-21-25(22,23)18-5-1-3-14-13-20-10-9-17(14)18/h1-5,9-10,12-13,15,21H,6-8,11,19H2. The lowest BCUT2D eigenvalue weighted by atomic mass is 10.1. The lowest BCUT2D eigenvalue weighted by Gasteiger charge is -2.13. The number of thiophene rings is 1. The predicted molar refractivity (Wildman–Crippen MR) is 102 cm³/mol. The van der Waals surface area contributed by atoms with Crippen LogP contribution in [-0.2, 0) is 16.4 Å². The number of fused-ring (bicyclic) bond motifs is 1. The third-order valence-corrected chi connectivity index (χ3v) is 6.53. The summed E-state index contributed by atoms with van der Waals surface area (Å²) in [5.74, 6) is 0. The Kier molecular flexibility index (Phi) is 5.80. The molecule has 5 nitrogen and oxygen atoms in total. The minimum atomic E-state index is -3.57. The van der Waals surface area contributed by atoms with E-state index in [1.807, 2.05) is 12.1 Å². The third kappa shape index (κ3) is 4.64. The molecule has 25 heavy (non-hydrogen) atoms. The zero-order chi connectivity index (χ0) is 17.7. The molecular formula is C18H21N3O2S2. The molecule has 0 spiro atoms. The Morgan fingerprint density at radius 1 is 1.16 bits per heavy atom. The van der Waals surface area contributed by atoms with Crippen molar-refractivity contribution in [3.05, 3.63) is 59.0 Å². The topological polar surface area (TPSA) is 85.1 Å². The van der Waals surface area contributed by atoms with Crippen LogP contribution in [-0.4, -0.2) is 26.0 Å². The van der Waals surface area contributed by atoms with E-state index in [4.69, 9.17) is 5.73 Å². The van der Waals surface area contributed by atoms with E-state index < -0.39 is 10.0 Å². The summed E-state index contributed by atoms with van der Waals surface area (Å²) in [6, 6.07) is 11.0. The van der Waals surface area contributed by atoms with Crippen LogP contribution in [0.3, 0.4) is 0 Å². The second-order valence-electron chi connectivity index (χ2n) is 5.92. The van der Waals surface area contributed by atoms with Gasteiger partial charge in [0.25, 0.3) is 0 Å². The molecule has 3 N–H and O–H groups in total. The Labute approximate surface area is 152 Å². The summed E-state index contributed by atoms with van der Waals surface area (Å²) in [6.45, 7) is 0.329. The number of sulfonamides is 1. The lowest BCUT2D eigenvalue weighted by molar-refractivity contribution is 0.547. The molecular weight excluding hydrogens is 354 g/mol. The summed E-state index contributed by atoms with van der Waals surface area (Å²) >= 11 is 1.72. The fourth-order valence-corrected chi connectivity index (χ4v) is 4.71. The van der Waals surface area contributed by atoms with Crippen LogP contribution in [0.1, 0.15) is 17.7 Å². The van der Waals surface area contributed by atoms with E-state index in [0.717, 1.165) is 18.2 Å². The van der Waals surface area contributed by atoms with Gasteiger partial charge in [-0.25, -0.2) is 13.1 Å². The lowest BCUT2D eigenvalue weighted by Crippen LogP contribution is -2.30. The molecule has 7 heteroatoms. The summed E-state index contributed by atoms with van der Waals surface area (Å²) in [5.41, 5.74) is 6.11. The quantitative estimate of drug-likeness (QED) is 0.634. The van der Waals surface area contributed by atoms with E-state index >= 15 is 0 Å². The van der Waals surface area contributed by atoms with Crippen LogP contribution in [0.4, 0.5) is 0 Å². The average Bonchev–Trinajstić information content (AvgIpc) is 3.13. The average molecular weight is 376 g/mol. The van der Waals surface area contributed by atoms with Crippen LogP contribution in [0.25, 0.3) is 10.8 Å². The van der Waals surface area contributed by atoms with Gasteiger partial charge in [-0.2, -0.15) is 0 Å². The summed E-state index contributed by atoms with van der Waals surface area (Å²) in [7, 11) is -3.57. The minimum absolute atomic E-state index is 0.0264. The zero-order valence-corrected chi connectivity index (χ0v) is 15.4. The number of aromatic nitrogens is 1. The minimum Gasteiger partial charge on any atom is -0.328 e. The number of nitrogens with two attached hydrogens (primary N) is 1. The van der Waals surface area contributed by atoms with Gasteiger partial charge in [-0.05, 0) is 42.8 Å². The van der Waals surface area contributed by atoms with Crippen molar-refractivity contribution in [1.82, 2.24) is 9.71 Å². The number of hydrogen-bond acceptors (Lipinski definition) is 5. The molecule has 0 bridgehead atoms. The number of pyridine rings is 1. The molecule has 3 aromatic rings. The number of benzene rings is 1. The highest BCUT2D eigenvalue weighted by Gasteiger charge is 2.17. The van der Waals surface area contributed by atoms with Crippen molar-refractivity contribution in [1.29, 1.82) is 0 Å². The Bertz CT molecular complexity index is 919. The highest BCUT2D eigenvalue weighted by Crippen LogP contribution is 2.21. The number of aryl methyl sites for hydroxylation is 1. The van der Waals surface area contributed by atoms with Gasteiger partial charge in [-0.3, -0.25) is 4.98 Å². The van der Waals surface area contributed by atoms with Crippen LogP contribution in [0, 0.1) is 0 Å². The molecule has 0 aliphatic rings. The first-order valence-electron chi connectivity index (χ1n) is 8.16. The molecule has 0 saturated carbocycles. The van der Waals surface area contributed by atoms with E-state index in [2.05, 4.69) is 21.2 Å². The molecule has 3 rings (SSSR count). The molecule has 0 radical (unpaired) electrons. The van der Waals surface area contributed by atoms with Crippen molar-refractivity contribution in [3.8, 4) is 0 Å². The van der Waals surface area contributed by atoms with Gasteiger partial charge in [0.2, 0.25) is 10.0 Å². The molecule has 0 aliphatic heterocycles. The Balaban J connectivity index is 1.58. The monoisotopic (exact) mass is 375 g/mol. The fourth-order valence-electron chi connectivity index (χ4n) is 2.71. The van der Waals surface area contributed by atoms with Gasteiger partial charge in [0.05, 0.1) is 4.90 Å². The molecule has 1 atom stereocenters. The summed E-state index contributed by atoms with van der Waals surface area (Å²) < 4.78 is 27.9. The second kappa shape index (κ2) is 8.05.